The molecule has 0 unspecified atom stereocenters. The van der Waals surface area contributed by atoms with Crippen LogP contribution in [0.15, 0.2) is 33.3 Å². The van der Waals surface area contributed by atoms with Crippen LogP contribution >= 0.6 is 0 Å². The number of carbonyl (C=O) groups excluding carboxylic acids is 1. The van der Waals surface area contributed by atoms with Crippen molar-refractivity contribution in [2.45, 2.75) is 20.5 Å². The molecule has 0 saturated carbocycles. The van der Waals surface area contributed by atoms with Gasteiger partial charge in [-0.15, -0.1) is 10.2 Å². The van der Waals surface area contributed by atoms with Crippen molar-refractivity contribution in [2.75, 3.05) is 7.11 Å². The maximum atomic E-state index is 13.9. The molecule has 3 aromatic rings. The van der Waals surface area contributed by atoms with Crippen molar-refractivity contribution in [1.29, 1.82) is 0 Å². The Morgan fingerprint density at radius 1 is 1.28 bits per heavy atom. The lowest BCUT2D eigenvalue weighted by Gasteiger charge is -2.10. The summed E-state index contributed by atoms with van der Waals surface area (Å²) >= 11 is 0. The van der Waals surface area contributed by atoms with Crippen LogP contribution in [0.25, 0.3) is 11.7 Å². The second-order valence-corrected chi connectivity index (χ2v) is 5.30. The van der Waals surface area contributed by atoms with Crippen LogP contribution in [0.3, 0.4) is 0 Å². The highest BCUT2D eigenvalue weighted by molar-refractivity contribution is 5.90. The van der Waals surface area contributed by atoms with Gasteiger partial charge < -0.3 is 18.3 Å². The highest BCUT2D eigenvalue weighted by Gasteiger charge is 2.17. The fraction of sp³-hybridized carbons (Fsp3) is 0.235. The molecule has 0 fully saturated rings. The lowest BCUT2D eigenvalue weighted by atomic mass is 10.1. The number of ether oxygens (including phenoxy) is 2. The summed E-state index contributed by atoms with van der Waals surface area (Å²) in [6.45, 7) is 3.30. The third-order valence-electron chi connectivity index (χ3n) is 3.59. The summed E-state index contributed by atoms with van der Waals surface area (Å²) < 4.78 is 34.8. The maximum absolute atomic E-state index is 13.9. The molecule has 0 amide bonds. The Bertz CT molecular complexity index is 916. The summed E-state index contributed by atoms with van der Waals surface area (Å²) in [6, 6.07) is 4.27. The molecule has 2 heterocycles. The number of halogens is 1. The van der Waals surface area contributed by atoms with Gasteiger partial charge in [-0.2, -0.15) is 0 Å². The van der Waals surface area contributed by atoms with Gasteiger partial charge in [-0.3, -0.25) is 0 Å². The van der Waals surface area contributed by atoms with E-state index in [2.05, 4.69) is 14.9 Å². The van der Waals surface area contributed by atoms with Crippen LogP contribution in [-0.2, 0) is 11.3 Å². The van der Waals surface area contributed by atoms with E-state index in [9.17, 15) is 9.18 Å². The third kappa shape index (κ3) is 3.37. The molecule has 0 radical (unpaired) electrons. The van der Waals surface area contributed by atoms with E-state index in [1.165, 1.54) is 26.4 Å². The van der Waals surface area contributed by atoms with E-state index >= 15 is 0 Å². The fourth-order valence-corrected chi connectivity index (χ4v) is 2.17. The van der Waals surface area contributed by atoms with Crippen molar-refractivity contribution in [3.05, 3.63) is 52.9 Å². The van der Waals surface area contributed by atoms with Crippen LogP contribution in [0.2, 0.25) is 0 Å². The number of nitrogens with zero attached hydrogens (tertiary/aromatic N) is 2. The Kier molecular flexibility index (Phi) is 4.51. The second-order valence-electron chi connectivity index (χ2n) is 5.30. The van der Waals surface area contributed by atoms with Gasteiger partial charge in [0.15, 0.2) is 12.4 Å². The minimum absolute atomic E-state index is 0.0537. The van der Waals surface area contributed by atoms with Gasteiger partial charge in [0.05, 0.1) is 18.9 Å². The lowest BCUT2D eigenvalue weighted by molar-refractivity contribution is 0.0599. The summed E-state index contributed by atoms with van der Waals surface area (Å²) in [5.41, 5.74) is 1.17. The number of carbonyl (C=O) groups is 1. The van der Waals surface area contributed by atoms with Crippen molar-refractivity contribution >= 4 is 5.97 Å². The number of methoxy groups -OCH3 is 1. The monoisotopic (exact) mass is 346 g/mol. The van der Waals surface area contributed by atoms with Crippen LogP contribution in [-0.4, -0.2) is 23.3 Å². The molecule has 0 spiro atoms. The van der Waals surface area contributed by atoms with E-state index in [1.807, 2.05) is 6.92 Å². The van der Waals surface area contributed by atoms with E-state index < -0.39 is 11.8 Å². The number of benzene rings is 1. The molecule has 130 valence electrons. The highest BCUT2D eigenvalue weighted by Crippen LogP contribution is 2.26. The molecule has 0 aliphatic carbocycles. The third-order valence-corrected chi connectivity index (χ3v) is 3.59. The number of hydrogen-bond acceptors (Lipinski definition) is 7. The number of aryl methyl sites for hydroxylation is 1. The molecule has 2 aromatic heterocycles. The highest BCUT2D eigenvalue weighted by atomic mass is 19.1. The van der Waals surface area contributed by atoms with Crippen LogP contribution in [0.1, 0.15) is 27.4 Å². The minimum Gasteiger partial charge on any atom is -0.483 e. The Morgan fingerprint density at radius 2 is 2.08 bits per heavy atom. The molecule has 0 aliphatic heterocycles. The Hall–Kier alpha value is -3.16. The molecule has 0 aliphatic rings. The van der Waals surface area contributed by atoms with E-state index in [1.54, 1.807) is 6.07 Å². The Morgan fingerprint density at radius 3 is 2.76 bits per heavy atom. The maximum Gasteiger partial charge on any atom is 0.338 e. The molecule has 7 nitrogen and oxygen atoms in total. The predicted octanol–water partition coefficient (Wildman–Crippen LogP) is 3.45. The normalized spacial score (nSPS) is 10.7. The summed E-state index contributed by atoms with van der Waals surface area (Å²) in [4.78, 5) is 11.6. The molecule has 0 bridgehead atoms. The largest absolute Gasteiger partial charge is 0.483 e. The first kappa shape index (κ1) is 16.7. The van der Waals surface area contributed by atoms with E-state index in [0.717, 1.165) is 11.6 Å². The van der Waals surface area contributed by atoms with Crippen molar-refractivity contribution in [3.63, 3.8) is 0 Å². The molecule has 3 rings (SSSR count). The molecular formula is C17H15FN2O5. The number of furan rings is 1. The van der Waals surface area contributed by atoms with Crippen LogP contribution in [0, 0.1) is 19.7 Å². The zero-order valence-corrected chi connectivity index (χ0v) is 13.8. The molecule has 25 heavy (non-hydrogen) atoms. The zero-order chi connectivity index (χ0) is 18.0. The van der Waals surface area contributed by atoms with E-state index in [0.29, 0.717) is 5.76 Å². The number of aromatic nitrogens is 2. The summed E-state index contributed by atoms with van der Waals surface area (Å²) in [5, 5.41) is 7.76. The SMILES string of the molecule is COC(=O)c1cc(F)c(C)c(OCc2nnc(-c3occc3C)o2)c1. The van der Waals surface area contributed by atoms with Crippen LogP contribution < -0.4 is 4.74 Å². The average Bonchev–Trinajstić information content (AvgIpc) is 3.23. The summed E-state index contributed by atoms with van der Waals surface area (Å²) in [7, 11) is 1.22. The van der Waals surface area contributed by atoms with Gasteiger partial charge in [-0.1, -0.05) is 0 Å². The van der Waals surface area contributed by atoms with Crippen molar-refractivity contribution in [3.8, 4) is 17.4 Å². The van der Waals surface area contributed by atoms with Crippen molar-refractivity contribution < 1.29 is 27.5 Å². The molecular weight excluding hydrogens is 331 g/mol. The fourth-order valence-electron chi connectivity index (χ4n) is 2.17. The first-order valence-electron chi connectivity index (χ1n) is 7.37. The van der Waals surface area contributed by atoms with E-state index in [-0.39, 0.29) is 35.3 Å². The van der Waals surface area contributed by atoms with Gasteiger partial charge in [0.1, 0.15) is 11.6 Å². The quantitative estimate of drug-likeness (QED) is 0.654. The summed E-state index contributed by atoms with van der Waals surface area (Å²) in [5.74, 6) is -0.142. The van der Waals surface area contributed by atoms with Gasteiger partial charge in [0.25, 0.3) is 11.8 Å². The predicted molar refractivity (Wildman–Crippen MR) is 83.5 cm³/mol. The van der Waals surface area contributed by atoms with Gasteiger partial charge >= 0.3 is 5.97 Å². The molecule has 0 atom stereocenters. The van der Waals surface area contributed by atoms with Gasteiger partial charge in [0, 0.05) is 11.1 Å². The molecule has 0 saturated heterocycles. The first-order valence-corrected chi connectivity index (χ1v) is 7.37. The van der Waals surface area contributed by atoms with E-state index in [4.69, 9.17) is 13.6 Å². The number of esters is 1. The molecule has 8 heteroatoms. The zero-order valence-electron chi connectivity index (χ0n) is 13.8. The first-order chi connectivity index (χ1) is 12.0. The smallest absolute Gasteiger partial charge is 0.338 e. The van der Waals surface area contributed by atoms with Crippen molar-refractivity contribution in [2.24, 2.45) is 0 Å². The Balaban J connectivity index is 1.78. The molecule has 0 N–H and O–H groups in total. The number of rotatable bonds is 5. The standard InChI is InChI=1S/C17H15FN2O5/c1-9-4-5-23-15(9)16-20-19-14(25-16)8-24-13-7-11(17(21)22-3)6-12(18)10(13)2/h4-7H,8H2,1-3H3. The second kappa shape index (κ2) is 6.76. The molecule has 1 aromatic carbocycles. The topological polar surface area (TPSA) is 87.6 Å². The van der Waals surface area contributed by atoms with Crippen LogP contribution in [0.5, 0.6) is 5.75 Å². The summed E-state index contributed by atoms with van der Waals surface area (Å²) in [6.07, 6.45) is 1.52. The Labute approximate surface area is 142 Å². The minimum atomic E-state index is -0.655. The van der Waals surface area contributed by atoms with Gasteiger partial charge in [0.2, 0.25) is 0 Å². The van der Waals surface area contributed by atoms with Gasteiger partial charge in [-0.05, 0) is 32.0 Å². The lowest BCUT2D eigenvalue weighted by Crippen LogP contribution is -2.05. The van der Waals surface area contributed by atoms with Crippen LogP contribution in [0.4, 0.5) is 4.39 Å². The van der Waals surface area contributed by atoms with Gasteiger partial charge in [-0.25, -0.2) is 9.18 Å². The number of hydrogen-bond donors (Lipinski definition) is 0. The van der Waals surface area contributed by atoms with Crippen molar-refractivity contribution in [1.82, 2.24) is 10.2 Å². The average molecular weight is 346 g/mol.